The summed E-state index contributed by atoms with van der Waals surface area (Å²) in [5.41, 5.74) is 11.9. The van der Waals surface area contributed by atoms with Gasteiger partial charge in [-0.1, -0.05) is 79.7 Å². The number of fused-ring (bicyclic) bond motifs is 3. The van der Waals surface area contributed by atoms with Crippen molar-refractivity contribution < 1.29 is 0 Å². The molecular weight excluding hydrogens is 500 g/mol. The fourth-order valence-electron chi connectivity index (χ4n) is 5.94. The van der Waals surface area contributed by atoms with Gasteiger partial charge in [0.05, 0.1) is 5.54 Å². The first-order valence-corrected chi connectivity index (χ1v) is 14.4. The summed E-state index contributed by atoms with van der Waals surface area (Å²) in [4.78, 5) is 10.0. The van der Waals surface area contributed by atoms with Crippen molar-refractivity contribution in [1.82, 2.24) is 9.55 Å². The van der Waals surface area contributed by atoms with Crippen LogP contribution in [0.1, 0.15) is 48.6 Å². The lowest BCUT2D eigenvalue weighted by molar-refractivity contribution is 0.562. The number of nitrogens with zero attached hydrogens (tertiary/aromatic N) is 3. The lowest BCUT2D eigenvalue weighted by Gasteiger charge is -2.26. The van der Waals surface area contributed by atoms with Crippen molar-refractivity contribution in [3.63, 3.8) is 0 Å². The van der Waals surface area contributed by atoms with Crippen molar-refractivity contribution >= 4 is 11.9 Å². The SMILES string of the molecule is CCc1ccccc1N/C=C\C=NC(C)(C)c1ccc2c(c1-c1nccn1-c1ccccc1C)Cc1ccccc1-2. The summed E-state index contributed by atoms with van der Waals surface area (Å²) in [5, 5.41) is 3.41. The summed E-state index contributed by atoms with van der Waals surface area (Å²) >= 11 is 0. The highest BCUT2D eigenvalue weighted by molar-refractivity contribution is 5.86. The van der Waals surface area contributed by atoms with E-state index >= 15 is 0 Å². The fraction of sp³-hybridized carbons (Fsp3) is 0.189. The number of allylic oxidation sites excluding steroid dienone is 1. The van der Waals surface area contributed by atoms with Gasteiger partial charge in [-0.15, -0.1) is 0 Å². The van der Waals surface area contributed by atoms with Crippen LogP contribution >= 0.6 is 0 Å². The summed E-state index contributed by atoms with van der Waals surface area (Å²) in [7, 11) is 0. The molecule has 0 bridgehead atoms. The van der Waals surface area contributed by atoms with Gasteiger partial charge in [0.1, 0.15) is 5.82 Å². The Kier molecular flexibility index (Phi) is 7.15. The molecule has 0 atom stereocenters. The maximum atomic E-state index is 5.08. The second-order valence-corrected chi connectivity index (χ2v) is 11.1. The van der Waals surface area contributed by atoms with Crippen LogP contribution in [-0.4, -0.2) is 15.8 Å². The van der Waals surface area contributed by atoms with Crippen molar-refractivity contribution in [1.29, 1.82) is 0 Å². The number of nitrogens with one attached hydrogen (secondary N) is 1. The molecule has 0 saturated heterocycles. The van der Waals surface area contributed by atoms with E-state index in [1.54, 1.807) is 0 Å². The molecule has 0 radical (unpaired) electrons. The van der Waals surface area contributed by atoms with Crippen molar-refractivity contribution in [3.05, 3.63) is 137 Å². The Bertz CT molecular complexity index is 1770. The van der Waals surface area contributed by atoms with Gasteiger partial charge in [-0.3, -0.25) is 9.56 Å². The molecule has 0 saturated carbocycles. The zero-order valence-electron chi connectivity index (χ0n) is 24.2. The third kappa shape index (κ3) is 5.02. The van der Waals surface area contributed by atoms with Crippen LogP contribution in [-0.2, 0) is 18.4 Å². The fourth-order valence-corrected chi connectivity index (χ4v) is 5.94. The van der Waals surface area contributed by atoms with Crippen LogP contribution in [0.3, 0.4) is 0 Å². The van der Waals surface area contributed by atoms with E-state index < -0.39 is 5.54 Å². The third-order valence-electron chi connectivity index (χ3n) is 8.10. The van der Waals surface area contributed by atoms with E-state index in [1.807, 2.05) is 24.7 Å². The van der Waals surface area contributed by atoms with E-state index in [0.29, 0.717) is 0 Å². The van der Waals surface area contributed by atoms with Crippen molar-refractivity contribution in [3.8, 4) is 28.2 Å². The van der Waals surface area contributed by atoms with E-state index in [-0.39, 0.29) is 0 Å². The molecule has 4 aromatic carbocycles. The van der Waals surface area contributed by atoms with Crippen molar-refractivity contribution in [2.45, 2.75) is 46.1 Å². The van der Waals surface area contributed by atoms with E-state index in [1.165, 1.54) is 44.5 Å². The normalized spacial score (nSPS) is 12.7. The third-order valence-corrected chi connectivity index (χ3v) is 8.10. The molecule has 204 valence electrons. The van der Waals surface area contributed by atoms with Gasteiger partial charge in [0.15, 0.2) is 0 Å². The average Bonchev–Trinajstić information content (AvgIpc) is 3.62. The lowest BCUT2D eigenvalue weighted by atomic mass is 9.85. The van der Waals surface area contributed by atoms with Crippen LogP contribution in [0.2, 0.25) is 0 Å². The average molecular weight is 537 g/mol. The monoisotopic (exact) mass is 536 g/mol. The molecule has 4 nitrogen and oxygen atoms in total. The van der Waals surface area contributed by atoms with Crippen LogP contribution in [0, 0.1) is 6.92 Å². The van der Waals surface area contributed by atoms with Crippen molar-refractivity contribution in [2.75, 3.05) is 5.32 Å². The molecule has 0 aliphatic heterocycles. The quantitative estimate of drug-likeness (QED) is 0.197. The number of rotatable bonds is 8. The van der Waals surface area contributed by atoms with E-state index in [0.717, 1.165) is 30.0 Å². The lowest BCUT2D eigenvalue weighted by Crippen LogP contribution is -2.17. The van der Waals surface area contributed by atoms with Gasteiger partial charge in [0, 0.05) is 41.7 Å². The van der Waals surface area contributed by atoms with Gasteiger partial charge in [-0.2, -0.15) is 0 Å². The molecule has 1 aromatic heterocycles. The number of aryl methyl sites for hydroxylation is 2. The molecule has 1 N–H and O–H groups in total. The maximum absolute atomic E-state index is 5.08. The summed E-state index contributed by atoms with van der Waals surface area (Å²) in [6.07, 6.45) is 11.7. The first kappa shape index (κ1) is 26.5. The van der Waals surface area contributed by atoms with Gasteiger partial charge in [0.2, 0.25) is 0 Å². The van der Waals surface area contributed by atoms with Gasteiger partial charge < -0.3 is 5.32 Å². The van der Waals surface area contributed by atoms with Crippen LogP contribution in [0.4, 0.5) is 5.69 Å². The van der Waals surface area contributed by atoms with Crippen LogP contribution in [0.25, 0.3) is 28.2 Å². The van der Waals surface area contributed by atoms with Gasteiger partial charge in [0.25, 0.3) is 0 Å². The number of benzene rings is 4. The molecule has 4 heteroatoms. The second kappa shape index (κ2) is 11.1. The molecule has 1 aliphatic rings. The minimum absolute atomic E-state index is 0.479. The molecule has 1 heterocycles. The maximum Gasteiger partial charge on any atom is 0.145 e. The van der Waals surface area contributed by atoms with E-state index in [2.05, 4.69) is 129 Å². The Hall–Kier alpha value is -4.70. The highest BCUT2D eigenvalue weighted by atomic mass is 15.1. The highest BCUT2D eigenvalue weighted by Gasteiger charge is 2.31. The van der Waals surface area contributed by atoms with Crippen LogP contribution < -0.4 is 5.32 Å². The number of aliphatic imine (C=N–C) groups is 1. The molecule has 5 aromatic rings. The molecule has 0 unspecified atom stereocenters. The molecule has 0 fully saturated rings. The largest absolute Gasteiger partial charge is 0.361 e. The number of hydrogen-bond donors (Lipinski definition) is 1. The van der Waals surface area contributed by atoms with Gasteiger partial charge >= 0.3 is 0 Å². The van der Waals surface area contributed by atoms with Crippen LogP contribution in [0.5, 0.6) is 0 Å². The molecule has 0 spiro atoms. The topological polar surface area (TPSA) is 42.2 Å². The summed E-state index contributed by atoms with van der Waals surface area (Å²) in [6, 6.07) is 30.1. The molecular formula is C37H36N4. The molecule has 41 heavy (non-hydrogen) atoms. The Labute approximate surface area is 243 Å². The van der Waals surface area contributed by atoms with E-state index in [9.17, 15) is 0 Å². The minimum atomic E-state index is -0.479. The van der Waals surface area contributed by atoms with Gasteiger partial charge in [-0.05, 0) is 90.8 Å². The molecule has 1 aliphatic carbocycles. The molecule has 0 amide bonds. The first-order valence-electron chi connectivity index (χ1n) is 14.4. The predicted molar refractivity (Wildman–Crippen MR) is 172 cm³/mol. The number of imidazole rings is 1. The number of anilines is 1. The Morgan fingerprint density at radius 1 is 0.927 bits per heavy atom. The van der Waals surface area contributed by atoms with Crippen molar-refractivity contribution in [2.24, 2.45) is 4.99 Å². The Morgan fingerprint density at radius 2 is 1.71 bits per heavy atom. The highest BCUT2D eigenvalue weighted by Crippen LogP contribution is 2.46. The predicted octanol–water partition coefficient (Wildman–Crippen LogP) is 8.91. The molecule has 6 rings (SSSR count). The van der Waals surface area contributed by atoms with Gasteiger partial charge in [-0.25, -0.2) is 4.98 Å². The van der Waals surface area contributed by atoms with E-state index in [4.69, 9.17) is 9.98 Å². The summed E-state index contributed by atoms with van der Waals surface area (Å²) in [5.74, 6) is 0.954. The standard InChI is InChI=1S/C37H36N4/c1-5-27-14-8-10-17-33(27)38-21-12-22-40-37(3,4)32-20-19-30-29-16-9-7-15-28(29)25-31(30)35(32)36-39-23-24-41(36)34-18-11-6-13-26(34)2/h6-24,38H,5,25H2,1-4H3/b21-12-,40-22?. The number of hydrogen-bond acceptors (Lipinski definition) is 3. The zero-order chi connectivity index (χ0) is 28.4. The Balaban J connectivity index is 1.41. The second-order valence-electron chi connectivity index (χ2n) is 11.1. The summed E-state index contributed by atoms with van der Waals surface area (Å²) < 4.78 is 2.23. The van der Waals surface area contributed by atoms with Crippen LogP contribution in [0.15, 0.2) is 115 Å². The number of aromatic nitrogens is 2. The Morgan fingerprint density at radius 3 is 2.56 bits per heavy atom. The number of para-hydroxylation sites is 2. The smallest absolute Gasteiger partial charge is 0.145 e. The first-order chi connectivity index (χ1) is 20.0. The summed E-state index contributed by atoms with van der Waals surface area (Å²) in [6.45, 7) is 8.70. The minimum Gasteiger partial charge on any atom is -0.361 e. The zero-order valence-corrected chi connectivity index (χ0v) is 24.2.